The standard InChI is InChI=1S/C13H17BrClNS/c1-2-11-9-16(5-6-17-11)13-4-3-10(8-15)7-12(13)14/h3-4,7,11H,2,5-6,8-9H2,1H3. The first-order valence-corrected chi connectivity index (χ1v) is 8.33. The molecule has 1 unspecified atom stereocenters. The van der Waals surface area contributed by atoms with E-state index < -0.39 is 0 Å². The molecule has 0 saturated carbocycles. The molecule has 4 heteroatoms. The molecule has 1 aromatic carbocycles. The van der Waals surface area contributed by atoms with E-state index in [-0.39, 0.29) is 0 Å². The molecule has 1 aliphatic heterocycles. The summed E-state index contributed by atoms with van der Waals surface area (Å²) in [7, 11) is 0. The van der Waals surface area contributed by atoms with Crippen LogP contribution in [0.25, 0.3) is 0 Å². The van der Waals surface area contributed by atoms with E-state index in [2.05, 4.69) is 57.7 Å². The predicted octanol–water partition coefficient (Wildman–Crippen LogP) is 4.52. The number of alkyl halides is 1. The van der Waals surface area contributed by atoms with Gasteiger partial charge in [-0.1, -0.05) is 13.0 Å². The van der Waals surface area contributed by atoms with Crippen molar-refractivity contribution >= 4 is 45.0 Å². The van der Waals surface area contributed by atoms with Crippen LogP contribution >= 0.6 is 39.3 Å². The third kappa shape index (κ3) is 3.33. The van der Waals surface area contributed by atoms with Crippen molar-refractivity contribution in [2.45, 2.75) is 24.5 Å². The van der Waals surface area contributed by atoms with E-state index in [9.17, 15) is 0 Å². The monoisotopic (exact) mass is 333 g/mol. The minimum absolute atomic E-state index is 0.576. The number of benzene rings is 1. The molecule has 0 radical (unpaired) electrons. The van der Waals surface area contributed by atoms with Gasteiger partial charge in [0.1, 0.15) is 0 Å². The molecular formula is C13H17BrClNS. The molecule has 1 atom stereocenters. The number of hydrogen-bond acceptors (Lipinski definition) is 2. The quantitative estimate of drug-likeness (QED) is 0.748. The SMILES string of the molecule is CCC1CN(c2ccc(CCl)cc2Br)CCS1. The molecule has 1 saturated heterocycles. The van der Waals surface area contributed by atoms with Gasteiger partial charge in [-0.25, -0.2) is 0 Å². The molecule has 1 aromatic rings. The van der Waals surface area contributed by atoms with Gasteiger partial charge < -0.3 is 4.90 Å². The van der Waals surface area contributed by atoms with Crippen LogP contribution < -0.4 is 4.90 Å². The first-order chi connectivity index (χ1) is 8.24. The summed E-state index contributed by atoms with van der Waals surface area (Å²) in [6.45, 7) is 4.56. The molecule has 1 heterocycles. The molecule has 0 spiro atoms. The van der Waals surface area contributed by atoms with Crippen molar-refractivity contribution in [1.82, 2.24) is 0 Å². The average molecular weight is 335 g/mol. The van der Waals surface area contributed by atoms with E-state index in [0.29, 0.717) is 5.88 Å². The number of nitrogens with zero attached hydrogens (tertiary/aromatic N) is 1. The Morgan fingerprint density at radius 3 is 3.00 bits per heavy atom. The first-order valence-electron chi connectivity index (χ1n) is 5.95. The van der Waals surface area contributed by atoms with Gasteiger partial charge in [0.05, 0.1) is 5.69 Å². The van der Waals surface area contributed by atoms with E-state index in [1.54, 1.807) is 0 Å². The summed E-state index contributed by atoms with van der Waals surface area (Å²) < 4.78 is 1.16. The van der Waals surface area contributed by atoms with E-state index >= 15 is 0 Å². The highest BCUT2D eigenvalue weighted by Crippen LogP contribution is 2.32. The van der Waals surface area contributed by atoms with Crippen molar-refractivity contribution in [3.8, 4) is 0 Å². The van der Waals surface area contributed by atoms with Gasteiger partial charge in [-0.2, -0.15) is 11.8 Å². The Labute approximate surface area is 121 Å². The van der Waals surface area contributed by atoms with Gasteiger partial charge in [0.2, 0.25) is 0 Å². The summed E-state index contributed by atoms with van der Waals surface area (Å²) in [6, 6.07) is 6.44. The van der Waals surface area contributed by atoms with Crippen LogP contribution in [0.15, 0.2) is 22.7 Å². The van der Waals surface area contributed by atoms with Gasteiger partial charge in [0.25, 0.3) is 0 Å². The van der Waals surface area contributed by atoms with E-state index in [0.717, 1.165) is 22.8 Å². The second-order valence-electron chi connectivity index (χ2n) is 4.27. The molecule has 0 N–H and O–H groups in total. The molecule has 94 valence electrons. The van der Waals surface area contributed by atoms with Crippen molar-refractivity contribution in [2.24, 2.45) is 0 Å². The number of anilines is 1. The van der Waals surface area contributed by atoms with E-state index in [1.165, 1.54) is 23.4 Å². The molecule has 2 rings (SSSR count). The largest absolute Gasteiger partial charge is 0.369 e. The molecular weight excluding hydrogens is 318 g/mol. The molecule has 1 fully saturated rings. The lowest BCUT2D eigenvalue weighted by atomic mass is 10.2. The Balaban J connectivity index is 2.16. The lowest BCUT2D eigenvalue weighted by Gasteiger charge is -2.34. The molecule has 1 nitrogen and oxygen atoms in total. The van der Waals surface area contributed by atoms with Crippen molar-refractivity contribution < 1.29 is 0 Å². The summed E-state index contributed by atoms with van der Waals surface area (Å²) in [6.07, 6.45) is 1.25. The maximum Gasteiger partial charge on any atom is 0.0511 e. The first kappa shape index (κ1) is 13.6. The lowest BCUT2D eigenvalue weighted by molar-refractivity contribution is 0.727. The Kier molecular flexibility index (Phi) is 5.07. The fraction of sp³-hybridized carbons (Fsp3) is 0.538. The minimum atomic E-state index is 0.576. The van der Waals surface area contributed by atoms with Crippen LogP contribution in [-0.4, -0.2) is 24.1 Å². The second kappa shape index (κ2) is 6.35. The molecule has 1 aliphatic rings. The Morgan fingerprint density at radius 1 is 1.53 bits per heavy atom. The number of thioether (sulfide) groups is 1. The van der Waals surface area contributed by atoms with Gasteiger partial charge in [0, 0.05) is 34.4 Å². The minimum Gasteiger partial charge on any atom is -0.369 e. The van der Waals surface area contributed by atoms with Crippen LogP contribution in [0.5, 0.6) is 0 Å². The fourth-order valence-electron chi connectivity index (χ4n) is 2.08. The molecule has 0 amide bonds. The summed E-state index contributed by atoms with van der Waals surface area (Å²) >= 11 is 11.6. The lowest BCUT2D eigenvalue weighted by Crippen LogP contribution is -2.37. The third-order valence-corrected chi connectivity index (χ3v) is 5.42. The zero-order chi connectivity index (χ0) is 12.3. The van der Waals surface area contributed by atoms with Crippen LogP contribution in [0.2, 0.25) is 0 Å². The summed E-state index contributed by atoms with van der Waals surface area (Å²) in [5.74, 6) is 1.80. The van der Waals surface area contributed by atoms with Crippen LogP contribution in [0, 0.1) is 0 Å². The number of rotatable bonds is 3. The summed E-state index contributed by atoms with van der Waals surface area (Å²) in [5, 5.41) is 0.767. The highest BCUT2D eigenvalue weighted by molar-refractivity contribution is 9.10. The van der Waals surface area contributed by atoms with Crippen molar-refractivity contribution in [2.75, 3.05) is 23.7 Å². The summed E-state index contributed by atoms with van der Waals surface area (Å²) in [5.41, 5.74) is 2.47. The number of hydrogen-bond donors (Lipinski definition) is 0. The maximum atomic E-state index is 5.84. The topological polar surface area (TPSA) is 3.24 Å². The van der Waals surface area contributed by atoms with E-state index in [4.69, 9.17) is 11.6 Å². The van der Waals surface area contributed by atoms with Gasteiger partial charge in [-0.05, 0) is 40.0 Å². The molecule has 17 heavy (non-hydrogen) atoms. The van der Waals surface area contributed by atoms with Crippen molar-refractivity contribution in [3.63, 3.8) is 0 Å². The van der Waals surface area contributed by atoms with Crippen molar-refractivity contribution in [1.29, 1.82) is 0 Å². The van der Waals surface area contributed by atoms with E-state index in [1.807, 2.05) is 0 Å². The zero-order valence-corrected chi connectivity index (χ0v) is 13.1. The van der Waals surface area contributed by atoms with Crippen molar-refractivity contribution in [3.05, 3.63) is 28.2 Å². The van der Waals surface area contributed by atoms with Gasteiger partial charge in [-0.15, -0.1) is 11.6 Å². The second-order valence-corrected chi connectivity index (χ2v) is 6.80. The van der Waals surface area contributed by atoms with Crippen LogP contribution in [0.4, 0.5) is 5.69 Å². The van der Waals surface area contributed by atoms with Crippen LogP contribution in [-0.2, 0) is 5.88 Å². The average Bonchev–Trinajstić information content (AvgIpc) is 2.38. The van der Waals surface area contributed by atoms with Crippen LogP contribution in [0.3, 0.4) is 0 Å². The predicted molar refractivity (Wildman–Crippen MR) is 82.4 cm³/mol. The zero-order valence-electron chi connectivity index (χ0n) is 9.96. The van der Waals surface area contributed by atoms with Gasteiger partial charge >= 0.3 is 0 Å². The van der Waals surface area contributed by atoms with Gasteiger partial charge in [0.15, 0.2) is 0 Å². The normalized spacial score (nSPS) is 20.6. The number of halogens is 2. The Morgan fingerprint density at radius 2 is 2.35 bits per heavy atom. The highest BCUT2D eigenvalue weighted by atomic mass is 79.9. The van der Waals surface area contributed by atoms with Gasteiger partial charge in [-0.3, -0.25) is 0 Å². The van der Waals surface area contributed by atoms with Crippen LogP contribution in [0.1, 0.15) is 18.9 Å². The third-order valence-electron chi connectivity index (χ3n) is 3.10. The fourth-order valence-corrected chi connectivity index (χ4v) is 4.10. The smallest absolute Gasteiger partial charge is 0.0511 e. The molecule has 0 bridgehead atoms. The Hall–Kier alpha value is 0.140. The summed E-state index contributed by atoms with van der Waals surface area (Å²) in [4.78, 5) is 2.48. The highest BCUT2D eigenvalue weighted by Gasteiger charge is 2.20. The maximum absolute atomic E-state index is 5.84. The molecule has 0 aliphatic carbocycles. The molecule has 0 aromatic heterocycles. The Bertz CT molecular complexity index is 386.